The SMILES string of the molecule is Cc1ncsc1CCC(C)(CNCC(C)C)C1CC1. The molecule has 1 saturated carbocycles. The van der Waals surface area contributed by atoms with Gasteiger partial charge in [0, 0.05) is 11.4 Å². The summed E-state index contributed by atoms with van der Waals surface area (Å²) in [7, 11) is 0. The average molecular weight is 280 g/mol. The maximum atomic E-state index is 4.37. The van der Waals surface area contributed by atoms with Crippen LogP contribution in [0.25, 0.3) is 0 Å². The van der Waals surface area contributed by atoms with E-state index in [1.165, 1.54) is 42.8 Å². The van der Waals surface area contributed by atoms with Gasteiger partial charge in [-0.2, -0.15) is 0 Å². The van der Waals surface area contributed by atoms with E-state index in [2.05, 4.69) is 38.0 Å². The lowest BCUT2D eigenvalue weighted by Gasteiger charge is -2.30. The van der Waals surface area contributed by atoms with Crippen LogP contribution in [0.4, 0.5) is 0 Å². The maximum Gasteiger partial charge on any atom is 0.0797 e. The second-order valence-corrected chi connectivity index (χ2v) is 7.75. The number of aromatic nitrogens is 1. The number of rotatable bonds is 8. The molecule has 1 atom stereocenters. The third-order valence-electron chi connectivity index (χ3n) is 4.41. The van der Waals surface area contributed by atoms with Gasteiger partial charge in [0.1, 0.15) is 0 Å². The van der Waals surface area contributed by atoms with E-state index in [9.17, 15) is 0 Å². The number of nitrogens with zero attached hydrogens (tertiary/aromatic N) is 1. The molecule has 108 valence electrons. The molecule has 0 aromatic carbocycles. The molecule has 1 N–H and O–H groups in total. The van der Waals surface area contributed by atoms with Crippen LogP contribution in [0.1, 0.15) is 50.6 Å². The van der Waals surface area contributed by atoms with Crippen molar-refractivity contribution in [2.24, 2.45) is 17.3 Å². The Balaban J connectivity index is 1.86. The lowest BCUT2D eigenvalue weighted by Crippen LogP contribution is -2.35. The molecular formula is C16H28N2S. The summed E-state index contributed by atoms with van der Waals surface area (Å²) < 4.78 is 0. The van der Waals surface area contributed by atoms with E-state index < -0.39 is 0 Å². The molecule has 2 rings (SSSR count). The monoisotopic (exact) mass is 280 g/mol. The molecule has 1 aliphatic carbocycles. The zero-order chi connectivity index (χ0) is 13.9. The van der Waals surface area contributed by atoms with Gasteiger partial charge >= 0.3 is 0 Å². The van der Waals surface area contributed by atoms with Crippen molar-refractivity contribution < 1.29 is 0 Å². The van der Waals surface area contributed by atoms with E-state index in [0.29, 0.717) is 5.41 Å². The summed E-state index contributed by atoms with van der Waals surface area (Å²) in [6.07, 6.45) is 5.36. The van der Waals surface area contributed by atoms with Crippen LogP contribution in [-0.2, 0) is 6.42 Å². The van der Waals surface area contributed by atoms with Gasteiger partial charge in [0.15, 0.2) is 0 Å². The van der Waals surface area contributed by atoms with Crippen LogP contribution in [0.2, 0.25) is 0 Å². The highest BCUT2D eigenvalue weighted by atomic mass is 32.1. The van der Waals surface area contributed by atoms with Crippen LogP contribution < -0.4 is 5.32 Å². The van der Waals surface area contributed by atoms with Crippen molar-refractivity contribution in [2.75, 3.05) is 13.1 Å². The minimum atomic E-state index is 0.477. The summed E-state index contributed by atoms with van der Waals surface area (Å²) in [4.78, 5) is 5.85. The molecule has 0 bridgehead atoms. The first-order chi connectivity index (χ1) is 9.01. The molecule has 0 amide bonds. The third kappa shape index (κ3) is 4.28. The molecule has 1 heterocycles. The van der Waals surface area contributed by atoms with Gasteiger partial charge in [0.25, 0.3) is 0 Å². The normalized spacial score (nSPS) is 18.8. The number of hydrogen-bond acceptors (Lipinski definition) is 3. The number of aryl methyl sites for hydroxylation is 2. The summed E-state index contributed by atoms with van der Waals surface area (Å²) in [6.45, 7) is 11.5. The fourth-order valence-electron chi connectivity index (χ4n) is 2.83. The standard InChI is InChI=1S/C16H28N2S/c1-12(2)9-17-10-16(4,14-5-6-14)8-7-15-13(3)18-11-19-15/h11-12,14,17H,5-10H2,1-4H3. The number of nitrogens with one attached hydrogen (secondary N) is 1. The van der Waals surface area contributed by atoms with Gasteiger partial charge in [-0.05, 0) is 56.4 Å². The van der Waals surface area contributed by atoms with Crippen LogP contribution >= 0.6 is 11.3 Å². The van der Waals surface area contributed by atoms with E-state index in [0.717, 1.165) is 18.4 Å². The van der Waals surface area contributed by atoms with Crippen LogP contribution in [0.5, 0.6) is 0 Å². The maximum absolute atomic E-state index is 4.37. The fraction of sp³-hybridized carbons (Fsp3) is 0.812. The number of thiazole rings is 1. The molecule has 0 saturated heterocycles. The highest BCUT2D eigenvalue weighted by Gasteiger charge is 2.40. The van der Waals surface area contributed by atoms with Gasteiger partial charge in [-0.25, -0.2) is 4.98 Å². The topological polar surface area (TPSA) is 24.9 Å². The van der Waals surface area contributed by atoms with Gasteiger partial charge in [0.05, 0.1) is 11.2 Å². The van der Waals surface area contributed by atoms with Gasteiger partial charge in [-0.3, -0.25) is 0 Å². The molecule has 0 spiro atoms. The molecule has 1 unspecified atom stereocenters. The summed E-state index contributed by atoms with van der Waals surface area (Å²) >= 11 is 1.82. The Morgan fingerprint density at radius 1 is 1.47 bits per heavy atom. The lowest BCUT2D eigenvalue weighted by atomic mass is 9.80. The van der Waals surface area contributed by atoms with Crippen LogP contribution in [0.15, 0.2) is 5.51 Å². The predicted molar refractivity (Wildman–Crippen MR) is 83.7 cm³/mol. The molecule has 1 aromatic heterocycles. The van der Waals surface area contributed by atoms with Gasteiger partial charge in [0.2, 0.25) is 0 Å². The number of hydrogen-bond donors (Lipinski definition) is 1. The van der Waals surface area contributed by atoms with Crippen molar-refractivity contribution in [3.63, 3.8) is 0 Å². The average Bonchev–Trinajstić information content (AvgIpc) is 3.11. The Morgan fingerprint density at radius 2 is 2.21 bits per heavy atom. The van der Waals surface area contributed by atoms with Crippen LogP contribution in [0.3, 0.4) is 0 Å². The van der Waals surface area contributed by atoms with Crippen molar-refractivity contribution in [3.05, 3.63) is 16.1 Å². The van der Waals surface area contributed by atoms with Crippen molar-refractivity contribution >= 4 is 11.3 Å². The minimum Gasteiger partial charge on any atom is -0.316 e. The second-order valence-electron chi connectivity index (χ2n) is 6.81. The molecular weight excluding hydrogens is 252 g/mol. The fourth-order valence-corrected chi connectivity index (χ4v) is 3.61. The Labute approximate surface area is 122 Å². The molecule has 2 nitrogen and oxygen atoms in total. The van der Waals surface area contributed by atoms with Gasteiger partial charge in [-0.1, -0.05) is 20.8 Å². The van der Waals surface area contributed by atoms with Gasteiger partial charge in [-0.15, -0.1) is 11.3 Å². The predicted octanol–water partition coefficient (Wildman–Crippen LogP) is 4.05. The quantitative estimate of drug-likeness (QED) is 0.777. The first-order valence-corrected chi connectivity index (χ1v) is 8.49. The first-order valence-electron chi connectivity index (χ1n) is 7.61. The van der Waals surface area contributed by atoms with E-state index in [1.54, 1.807) is 0 Å². The molecule has 1 fully saturated rings. The summed E-state index contributed by atoms with van der Waals surface area (Å²) in [5.41, 5.74) is 3.69. The van der Waals surface area contributed by atoms with Crippen molar-refractivity contribution in [2.45, 2.75) is 53.4 Å². The summed E-state index contributed by atoms with van der Waals surface area (Å²) in [5.74, 6) is 1.69. The third-order valence-corrected chi connectivity index (χ3v) is 5.41. The van der Waals surface area contributed by atoms with E-state index in [-0.39, 0.29) is 0 Å². The molecule has 1 aliphatic rings. The largest absolute Gasteiger partial charge is 0.316 e. The lowest BCUT2D eigenvalue weighted by molar-refractivity contribution is 0.234. The highest BCUT2D eigenvalue weighted by molar-refractivity contribution is 7.09. The van der Waals surface area contributed by atoms with Gasteiger partial charge < -0.3 is 5.32 Å². The summed E-state index contributed by atoms with van der Waals surface area (Å²) in [6, 6.07) is 0. The Kier molecular flexibility index (Phi) is 5.02. The van der Waals surface area contributed by atoms with E-state index in [4.69, 9.17) is 0 Å². The molecule has 0 aliphatic heterocycles. The zero-order valence-electron chi connectivity index (χ0n) is 12.8. The first kappa shape index (κ1) is 15.0. The molecule has 1 aromatic rings. The molecule has 0 radical (unpaired) electrons. The van der Waals surface area contributed by atoms with Crippen molar-refractivity contribution in [3.8, 4) is 0 Å². The van der Waals surface area contributed by atoms with E-state index >= 15 is 0 Å². The summed E-state index contributed by atoms with van der Waals surface area (Å²) in [5, 5.41) is 3.68. The highest BCUT2D eigenvalue weighted by Crippen LogP contribution is 2.48. The zero-order valence-corrected chi connectivity index (χ0v) is 13.6. The second kappa shape index (κ2) is 6.36. The minimum absolute atomic E-state index is 0.477. The molecule has 3 heteroatoms. The van der Waals surface area contributed by atoms with Crippen LogP contribution in [-0.4, -0.2) is 18.1 Å². The Bertz CT molecular complexity index is 395. The Morgan fingerprint density at radius 3 is 2.74 bits per heavy atom. The Hall–Kier alpha value is -0.410. The van der Waals surface area contributed by atoms with Crippen LogP contribution in [0, 0.1) is 24.2 Å². The smallest absolute Gasteiger partial charge is 0.0797 e. The van der Waals surface area contributed by atoms with E-state index in [1.807, 2.05) is 16.8 Å². The molecule has 19 heavy (non-hydrogen) atoms. The van der Waals surface area contributed by atoms with Crippen molar-refractivity contribution in [1.82, 2.24) is 10.3 Å². The van der Waals surface area contributed by atoms with Crippen molar-refractivity contribution in [1.29, 1.82) is 0 Å².